The highest BCUT2D eigenvalue weighted by Gasteiger charge is 2.54. The zero-order chi connectivity index (χ0) is 74.6. The second kappa shape index (κ2) is 65.5. The van der Waals surface area contributed by atoms with Crippen LogP contribution in [0.15, 0.2) is 0 Å². The van der Waals surface area contributed by atoms with Crippen molar-refractivity contribution in [2.45, 2.75) is 503 Å². The van der Waals surface area contributed by atoms with Gasteiger partial charge in [-0.1, -0.05) is 380 Å². The minimum atomic E-state index is -1.97. The SMILES string of the molecule is CCCCCCCCCCCCCCCCCCCCCCCCCCCCCCCCCC(=O)NC(COC1OC(CO)C(OC2OC(CO)C(OC3OC(CO)C(O)C(O)C3O)C(O)C2O)C(O)C1O)C(O)CCCCCCCCCCCCCCCCCCCCCCCCCCCCC. The molecule has 3 saturated heterocycles. The third-order valence-corrected chi connectivity index (χ3v) is 22.4. The summed E-state index contributed by atoms with van der Waals surface area (Å²) in [4.78, 5) is 13.5. The molecule has 0 aromatic heterocycles. The summed E-state index contributed by atoms with van der Waals surface area (Å²) < 4.78 is 34.6. The molecule has 19 nitrogen and oxygen atoms in total. The Morgan fingerprint density at radius 3 is 0.845 bits per heavy atom. The molecule has 3 heterocycles. The molecule has 3 fully saturated rings. The van der Waals surface area contributed by atoms with E-state index in [1.807, 2.05) is 0 Å². The van der Waals surface area contributed by atoms with Crippen molar-refractivity contribution < 1.29 is 89.4 Å². The van der Waals surface area contributed by atoms with E-state index < -0.39 is 124 Å². The van der Waals surface area contributed by atoms with Gasteiger partial charge in [-0.05, 0) is 12.8 Å². The lowest BCUT2D eigenvalue weighted by Gasteiger charge is -2.48. The van der Waals surface area contributed by atoms with Crippen molar-refractivity contribution in [1.29, 1.82) is 0 Å². The molecule has 0 aromatic rings. The first-order valence-electron chi connectivity index (χ1n) is 43.8. The van der Waals surface area contributed by atoms with Gasteiger partial charge in [-0.3, -0.25) is 4.79 Å². The molecule has 1 amide bonds. The van der Waals surface area contributed by atoms with Crippen LogP contribution in [0.25, 0.3) is 0 Å². The second-order valence-electron chi connectivity index (χ2n) is 31.7. The highest BCUT2D eigenvalue weighted by Crippen LogP contribution is 2.34. The molecule has 12 N–H and O–H groups in total. The summed E-state index contributed by atoms with van der Waals surface area (Å²) in [6.45, 7) is 1.89. The summed E-state index contributed by atoms with van der Waals surface area (Å²) in [5.41, 5.74) is 0. The number of amides is 1. The third-order valence-electron chi connectivity index (χ3n) is 22.4. The maximum Gasteiger partial charge on any atom is 0.220 e. The molecule has 3 aliphatic heterocycles. The number of ether oxygens (including phenoxy) is 6. The molecule has 17 atom stereocenters. The predicted molar refractivity (Wildman–Crippen MR) is 411 cm³/mol. The Hall–Kier alpha value is -1.21. The van der Waals surface area contributed by atoms with Crippen LogP contribution in [-0.4, -0.2) is 193 Å². The Kier molecular flexibility index (Phi) is 61.0. The first-order chi connectivity index (χ1) is 50.3. The maximum absolute atomic E-state index is 13.5. The lowest BCUT2D eigenvalue weighted by Crippen LogP contribution is -2.66. The molecule has 0 bridgehead atoms. The van der Waals surface area contributed by atoms with E-state index in [4.69, 9.17) is 28.4 Å². The van der Waals surface area contributed by atoms with Gasteiger partial charge in [0, 0.05) is 6.42 Å². The van der Waals surface area contributed by atoms with Crippen LogP contribution in [0.1, 0.15) is 399 Å². The average Bonchev–Trinajstić information content (AvgIpc) is 0.781. The van der Waals surface area contributed by atoms with Gasteiger partial charge in [0.15, 0.2) is 18.9 Å². The fourth-order valence-corrected chi connectivity index (χ4v) is 15.4. The molecule has 0 aromatic carbocycles. The molecule has 612 valence electrons. The smallest absolute Gasteiger partial charge is 0.220 e. The van der Waals surface area contributed by atoms with Gasteiger partial charge in [-0.25, -0.2) is 0 Å². The molecule has 19 heteroatoms. The average molecular weight is 1480 g/mol. The lowest BCUT2D eigenvalue weighted by atomic mass is 9.96. The number of carbonyl (C=O) groups is 1. The number of rotatable bonds is 72. The van der Waals surface area contributed by atoms with Crippen LogP contribution in [0, 0.1) is 0 Å². The minimum Gasteiger partial charge on any atom is -0.394 e. The van der Waals surface area contributed by atoms with Crippen LogP contribution in [-0.2, 0) is 33.2 Å². The Labute approximate surface area is 627 Å². The molecule has 0 radical (unpaired) electrons. The molecular formula is C84H163NO18. The van der Waals surface area contributed by atoms with E-state index in [9.17, 15) is 61.0 Å². The molecule has 0 spiro atoms. The van der Waals surface area contributed by atoms with Gasteiger partial charge in [0.25, 0.3) is 0 Å². The summed E-state index contributed by atoms with van der Waals surface area (Å²) >= 11 is 0. The zero-order valence-corrected chi connectivity index (χ0v) is 65.8. The van der Waals surface area contributed by atoms with E-state index in [0.717, 1.165) is 44.9 Å². The number of hydrogen-bond donors (Lipinski definition) is 12. The summed E-state index contributed by atoms with van der Waals surface area (Å²) in [5, 5.41) is 121. The van der Waals surface area contributed by atoms with Crippen LogP contribution in [0.5, 0.6) is 0 Å². The summed E-state index contributed by atoms with van der Waals surface area (Å²) in [7, 11) is 0. The highest BCUT2D eigenvalue weighted by molar-refractivity contribution is 5.76. The van der Waals surface area contributed by atoms with E-state index in [1.165, 1.54) is 321 Å². The summed E-state index contributed by atoms with van der Waals surface area (Å²) in [6, 6.07) is -0.884. The fraction of sp³-hybridized carbons (Fsp3) is 0.988. The second-order valence-corrected chi connectivity index (χ2v) is 31.7. The first-order valence-corrected chi connectivity index (χ1v) is 43.8. The van der Waals surface area contributed by atoms with E-state index >= 15 is 0 Å². The summed E-state index contributed by atoms with van der Waals surface area (Å²) in [6.07, 6.45) is 50.7. The van der Waals surface area contributed by atoms with Gasteiger partial charge >= 0.3 is 0 Å². The van der Waals surface area contributed by atoms with E-state index in [-0.39, 0.29) is 18.9 Å². The number of hydrogen-bond acceptors (Lipinski definition) is 18. The number of carbonyl (C=O) groups excluding carboxylic acids is 1. The van der Waals surface area contributed by atoms with Crippen LogP contribution in [0.4, 0.5) is 0 Å². The number of aliphatic hydroxyl groups excluding tert-OH is 11. The maximum atomic E-state index is 13.5. The summed E-state index contributed by atoms with van der Waals surface area (Å²) in [5.74, 6) is -0.231. The topological polar surface area (TPSA) is 307 Å². The minimum absolute atomic E-state index is 0.231. The van der Waals surface area contributed by atoms with Crippen molar-refractivity contribution in [3.8, 4) is 0 Å². The normalized spacial score (nSPS) is 25.9. The quantitative estimate of drug-likeness (QED) is 0.0252. The van der Waals surface area contributed by atoms with Crippen LogP contribution < -0.4 is 5.32 Å². The first kappa shape index (κ1) is 96.0. The Morgan fingerprint density at radius 1 is 0.311 bits per heavy atom. The number of unbranched alkanes of at least 4 members (excludes halogenated alkanes) is 56. The van der Waals surface area contributed by atoms with Crippen molar-refractivity contribution in [3.05, 3.63) is 0 Å². The lowest BCUT2D eigenvalue weighted by molar-refractivity contribution is -0.379. The van der Waals surface area contributed by atoms with Gasteiger partial charge in [0.2, 0.25) is 5.91 Å². The zero-order valence-electron chi connectivity index (χ0n) is 65.8. The van der Waals surface area contributed by atoms with Crippen LogP contribution >= 0.6 is 0 Å². The van der Waals surface area contributed by atoms with Crippen LogP contribution in [0.2, 0.25) is 0 Å². The molecule has 103 heavy (non-hydrogen) atoms. The fourth-order valence-electron chi connectivity index (χ4n) is 15.4. The van der Waals surface area contributed by atoms with Crippen molar-refractivity contribution in [2.24, 2.45) is 0 Å². The highest BCUT2D eigenvalue weighted by atomic mass is 16.8. The Balaban J connectivity index is 1.33. The van der Waals surface area contributed by atoms with Crippen molar-refractivity contribution in [1.82, 2.24) is 5.32 Å². The predicted octanol–water partition coefficient (Wildman–Crippen LogP) is 15.7. The van der Waals surface area contributed by atoms with Crippen LogP contribution in [0.3, 0.4) is 0 Å². The molecule has 17 unspecified atom stereocenters. The van der Waals surface area contributed by atoms with Crippen molar-refractivity contribution >= 4 is 5.91 Å². The number of aliphatic hydroxyl groups is 11. The van der Waals surface area contributed by atoms with E-state index in [2.05, 4.69) is 19.2 Å². The monoisotopic (exact) mass is 1470 g/mol. The van der Waals surface area contributed by atoms with Gasteiger partial charge in [0.1, 0.15) is 73.2 Å². The van der Waals surface area contributed by atoms with Crippen molar-refractivity contribution in [3.63, 3.8) is 0 Å². The largest absolute Gasteiger partial charge is 0.394 e. The molecular weight excluding hydrogens is 1310 g/mol. The third kappa shape index (κ3) is 45.0. The number of nitrogens with one attached hydrogen (secondary N) is 1. The van der Waals surface area contributed by atoms with Gasteiger partial charge in [0.05, 0.1) is 38.6 Å². The molecule has 0 aliphatic carbocycles. The Bertz CT molecular complexity index is 1860. The molecule has 3 rings (SSSR count). The molecule has 0 saturated carbocycles. The van der Waals surface area contributed by atoms with E-state index in [0.29, 0.717) is 12.8 Å². The Morgan fingerprint density at radius 2 is 0.553 bits per heavy atom. The van der Waals surface area contributed by atoms with Crippen molar-refractivity contribution in [2.75, 3.05) is 26.4 Å². The van der Waals surface area contributed by atoms with Gasteiger partial charge in [-0.2, -0.15) is 0 Å². The van der Waals surface area contributed by atoms with Gasteiger partial charge in [-0.15, -0.1) is 0 Å². The van der Waals surface area contributed by atoms with Gasteiger partial charge < -0.3 is 89.9 Å². The van der Waals surface area contributed by atoms with E-state index in [1.54, 1.807) is 0 Å². The standard InChI is InChI=1S/C84H163NO18/c1-3-5-7-9-11-13-15-17-19-21-23-25-27-29-31-32-33-34-36-38-40-42-44-46-48-50-52-54-56-58-60-62-72(90)85-67(68(89)61-59-57-55-53-51-49-47-45-43-41-39-37-35-30-28-26-24-22-20-18-16-14-12-10-8-6-4-2)66-98-82-78(96)75(93)80(70(64-87)100-82)103-84-79(97)76(94)81(71(65-88)101-84)102-83-77(95)74(92)73(91)69(63-86)99-83/h67-71,73-84,86-89,91-97H,3-66H2,1-2H3,(H,85,90). The molecule has 3 aliphatic rings.